The number of hydrogen-bond donors (Lipinski definition) is 2. The fourth-order valence-electron chi connectivity index (χ4n) is 1.85. The minimum Gasteiger partial charge on any atom is -0.392 e. The normalized spacial score (nSPS) is 11.3. The molecule has 2 aromatic carbocycles. The van der Waals surface area contributed by atoms with E-state index < -0.39 is 0 Å². The maximum absolute atomic E-state index is 12.8. The van der Waals surface area contributed by atoms with Crippen molar-refractivity contribution in [3.8, 4) is 0 Å². The Labute approximate surface area is 122 Å². The third-order valence-corrected chi connectivity index (χ3v) is 2.98. The van der Waals surface area contributed by atoms with Crippen molar-refractivity contribution in [1.29, 1.82) is 0 Å². The Hall–Kier alpha value is -2.46. The second-order valence-corrected chi connectivity index (χ2v) is 4.69. The molecule has 0 aliphatic rings. The molecule has 0 unspecified atom stereocenters. The molecule has 0 heterocycles. The number of nitrogens with one attached hydrogen (secondary N) is 1. The Morgan fingerprint density at radius 1 is 1.24 bits per heavy atom. The maximum Gasteiger partial charge on any atom is 0.251 e. The second kappa shape index (κ2) is 6.81. The lowest BCUT2D eigenvalue weighted by Gasteiger charge is -2.07. The SMILES string of the molecule is C/C(=C/c1ccc(F)cc1)C(=O)Nc1cccc(CO)c1. The van der Waals surface area contributed by atoms with Crippen LogP contribution in [-0.4, -0.2) is 11.0 Å². The number of hydrogen-bond acceptors (Lipinski definition) is 2. The Balaban J connectivity index is 2.10. The van der Waals surface area contributed by atoms with Crippen molar-refractivity contribution >= 4 is 17.7 Å². The number of aliphatic hydroxyl groups excluding tert-OH is 1. The Morgan fingerprint density at radius 2 is 1.95 bits per heavy atom. The van der Waals surface area contributed by atoms with Crippen LogP contribution in [0.5, 0.6) is 0 Å². The summed E-state index contributed by atoms with van der Waals surface area (Å²) < 4.78 is 12.8. The van der Waals surface area contributed by atoms with Crippen molar-refractivity contribution in [3.05, 3.63) is 71.0 Å². The molecule has 0 spiro atoms. The molecule has 0 fully saturated rings. The first-order valence-corrected chi connectivity index (χ1v) is 6.53. The van der Waals surface area contributed by atoms with Gasteiger partial charge in [-0.1, -0.05) is 24.3 Å². The quantitative estimate of drug-likeness (QED) is 0.846. The first-order chi connectivity index (χ1) is 10.1. The first kappa shape index (κ1) is 14.9. The Morgan fingerprint density at radius 3 is 2.62 bits per heavy atom. The van der Waals surface area contributed by atoms with Crippen LogP contribution in [0.15, 0.2) is 54.1 Å². The fourth-order valence-corrected chi connectivity index (χ4v) is 1.85. The largest absolute Gasteiger partial charge is 0.392 e. The summed E-state index contributed by atoms with van der Waals surface area (Å²) in [6.07, 6.45) is 1.69. The lowest BCUT2D eigenvalue weighted by atomic mass is 10.1. The number of aliphatic hydroxyl groups is 1. The standard InChI is InChI=1S/C17H16FNO2/c1-12(9-13-5-7-15(18)8-6-13)17(21)19-16-4-2-3-14(10-16)11-20/h2-10,20H,11H2,1H3,(H,19,21)/b12-9-. The third-order valence-electron chi connectivity index (χ3n) is 2.98. The predicted molar refractivity (Wildman–Crippen MR) is 81.0 cm³/mol. The number of anilines is 1. The fraction of sp³-hybridized carbons (Fsp3) is 0.118. The molecule has 0 saturated heterocycles. The van der Waals surface area contributed by atoms with E-state index in [2.05, 4.69) is 5.32 Å². The molecule has 0 atom stereocenters. The predicted octanol–water partition coefficient (Wildman–Crippen LogP) is 3.36. The lowest BCUT2D eigenvalue weighted by molar-refractivity contribution is -0.112. The van der Waals surface area contributed by atoms with Crippen molar-refractivity contribution in [3.63, 3.8) is 0 Å². The van der Waals surface area contributed by atoms with E-state index in [0.717, 1.165) is 11.1 Å². The van der Waals surface area contributed by atoms with Crippen LogP contribution >= 0.6 is 0 Å². The van der Waals surface area contributed by atoms with Crippen molar-refractivity contribution < 1.29 is 14.3 Å². The molecule has 2 aromatic rings. The molecular formula is C17H16FNO2. The molecule has 2 N–H and O–H groups in total. The molecule has 0 bridgehead atoms. The average molecular weight is 285 g/mol. The van der Waals surface area contributed by atoms with Gasteiger partial charge in [0.15, 0.2) is 0 Å². The molecular weight excluding hydrogens is 269 g/mol. The van der Waals surface area contributed by atoms with Crippen LogP contribution in [0.3, 0.4) is 0 Å². The van der Waals surface area contributed by atoms with E-state index in [1.54, 1.807) is 49.4 Å². The van der Waals surface area contributed by atoms with Gasteiger partial charge in [0.25, 0.3) is 5.91 Å². The minimum atomic E-state index is -0.310. The zero-order chi connectivity index (χ0) is 15.2. The summed E-state index contributed by atoms with van der Waals surface area (Å²) in [6.45, 7) is 1.61. The van der Waals surface area contributed by atoms with Crippen LogP contribution in [0.1, 0.15) is 18.1 Å². The molecule has 0 aliphatic carbocycles. The van der Waals surface area contributed by atoms with Gasteiger partial charge in [0.2, 0.25) is 0 Å². The summed E-state index contributed by atoms with van der Waals surface area (Å²) in [5, 5.41) is 11.8. The molecule has 0 saturated carbocycles. The van der Waals surface area contributed by atoms with Gasteiger partial charge in [0.05, 0.1) is 6.61 Å². The van der Waals surface area contributed by atoms with Crippen molar-refractivity contribution in [2.45, 2.75) is 13.5 Å². The Bertz CT molecular complexity index is 663. The van der Waals surface area contributed by atoms with E-state index in [-0.39, 0.29) is 18.3 Å². The first-order valence-electron chi connectivity index (χ1n) is 6.53. The number of rotatable bonds is 4. The summed E-state index contributed by atoms with van der Waals surface area (Å²) in [7, 11) is 0. The molecule has 0 aliphatic heterocycles. The number of halogens is 1. The van der Waals surface area contributed by atoms with Gasteiger partial charge in [-0.05, 0) is 48.4 Å². The van der Waals surface area contributed by atoms with Gasteiger partial charge in [0.1, 0.15) is 5.82 Å². The van der Waals surface area contributed by atoms with Crippen LogP contribution < -0.4 is 5.32 Å². The van der Waals surface area contributed by atoms with E-state index in [1.165, 1.54) is 12.1 Å². The monoisotopic (exact) mass is 285 g/mol. The average Bonchev–Trinajstić information content (AvgIpc) is 2.49. The van der Waals surface area contributed by atoms with Crippen molar-refractivity contribution in [2.24, 2.45) is 0 Å². The van der Waals surface area contributed by atoms with Crippen LogP contribution in [-0.2, 0) is 11.4 Å². The maximum atomic E-state index is 12.8. The van der Waals surface area contributed by atoms with Gasteiger partial charge in [-0.2, -0.15) is 0 Å². The molecule has 108 valence electrons. The van der Waals surface area contributed by atoms with Crippen LogP contribution in [0, 0.1) is 5.82 Å². The topological polar surface area (TPSA) is 49.3 Å². The van der Waals surface area contributed by atoms with Gasteiger partial charge in [-0.3, -0.25) is 4.79 Å². The van der Waals surface area contributed by atoms with Gasteiger partial charge in [0, 0.05) is 11.3 Å². The van der Waals surface area contributed by atoms with Crippen LogP contribution in [0.25, 0.3) is 6.08 Å². The number of benzene rings is 2. The zero-order valence-corrected chi connectivity index (χ0v) is 11.6. The molecule has 3 nitrogen and oxygen atoms in total. The lowest BCUT2D eigenvalue weighted by Crippen LogP contribution is -2.12. The molecule has 4 heteroatoms. The molecule has 1 amide bonds. The van der Waals surface area contributed by atoms with E-state index in [0.29, 0.717) is 11.3 Å². The van der Waals surface area contributed by atoms with Crippen molar-refractivity contribution in [1.82, 2.24) is 0 Å². The minimum absolute atomic E-state index is 0.0753. The van der Waals surface area contributed by atoms with Gasteiger partial charge < -0.3 is 10.4 Å². The second-order valence-electron chi connectivity index (χ2n) is 4.69. The highest BCUT2D eigenvalue weighted by Gasteiger charge is 2.05. The summed E-state index contributed by atoms with van der Waals surface area (Å²) in [6, 6.07) is 12.9. The highest BCUT2D eigenvalue weighted by Crippen LogP contribution is 2.13. The van der Waals surface area contributed by atoms with Gasteiger partial charge >= 0.3 is 0 Å². The summed E-state index contributed by atoms with van der Waals surface area (Å²) >= 11 is 0. The highest BCUT2D eigenvalue weighted by atomic mass is 19.1. The summed E-state index contributed by atoms with van der Waals surface area (Å²) in [5.41, 5.74) is 2.62. The third kappa shape index (κ3) is 4.26. The van der Waals surface area contributed by atoms with E-state index in [4.69, 9.17) is 5.11 Å². The van der Waals surface area contributed by atoms with Crippen LogP contribution in [0.2, 0.25) is 0 Å². The number of amides is 1. The summed E-state index contributed by atoms with van der Waals surface area (Å²) in [4.78, 5) is 12.1. The Kier molecular flexibility index (Phi) is 4.85. The molecule has 0 radical (unpaired) electrons. The summed E-state index contributed by atoms with van der Waals surface area (Å²) in [5.74, 6) is -0.551. The number of carbonyl (C=O) groups is 1. The molecule has 21 heavy (non-hydrogen) atoms. The van der Waals surface area contributed by atoms with E-state index >= 15 is 0 Å². The van der Waals surface area contributed by atoms with E-state index in [9.17, 15) is 9.18 Å². The van der Waals surface area contributed by atoms with Crippen LogP contribution in [0.4, 0.5) is 10.1 Å². The smallest absolute Gasteiger partial charge is 0.251 e. The van der Waals surface area contributed by atoms with Gasteiger partial charge in [-0.25, -0.2) is 4.39 Å². The molecule has 2 rings (SSSR count). The number of carbonyl (C=O) groups excluding carboxylic acids is 1. The zero-order valence-electron chi connectivity index (χ0n) is 11.6. The molecule has 0 aromatic heterocycles. The van der Waals surface area contributed by atoms with E-state index in [1.807, 2.05) is 0 Å². The van der Waals surface area contributed by atoms with Gasteiger partial charge in [-0.15, -0.1) is 0 Å². The van der Waals surface area contributed by atoms with Crippen molar-refractivity contribution in [2.75, 3.05) is 5.32 Å². The highest BCUT2D eigenvalue weighted by molar-refractivity contribution is 6.06.